The van der Waals surface area contributed by atoms with E-state index in [0.717, 1.165) is 0 Å². The summed E-state index contributed by atoms with van der Waals surface area (Å²) in [5.41, 5.74) is 2.40. The summed E-state index contributed by atoms with van der Waals surface area (Å²) in [5.74, 6) is 4.97. The van der Waals surface area contributed by atoms with E-state index in [-0.39, 0.29) is 11.8 Å². The predicted molar refractivity (Wildman–Crippen MR) is 70.2 cm³/mol. The van der Waals surface area contributed by atoms with Gasteiger partial charge >= 0.3 is 0 Å². The zero-order valence-corrected chi connectivity index (χ0v) is 10.9. The number of pyridine rings is 1. The fraction of sp³-hybridized carbons (Fsp3) is 0.417. The monoisotopic (exact) mass is 263 g/mol. The summed E-state index contributed by atoms with van der Waals surface area (Å²) in [6.07, 6.45) is 3.00. The van der Waals surface area contributed by atoms with Crippen LogP contribution in [0, 0.1) is 0 Å². The lowest BCUT2D eigenvalue weighted by Gasteiger charge is -2.41. The number of aromatic nitrogens is 1. The van der Waals surface area contributed by atoms with Gasteiger partial charge in [-0.05, 0) is 19.9 Å². The molecular weight excluding hydrogens is 246 g/mol. The van der Waals surface area contributed by atoms with Crippen LogP contribution in [0.1, 0.15) is 24.2 Å². The van der Waals surface area contributed by atoms with E-state index < -0.39 is 5.54 Å². The molecular formula is C12H17N5O2. The number of nitrogen functional groups attached to an aromatic ring is 1. The molecule has 7 heteroatoms. The minimum Gasteiger partial charge on any atom is -0.352 e. The Bertz CT molecular complexity index is 515. The fourth-order valence-electron chi connectivity index (χ4n) is 2.10. The normalized spacial score (nSPS) is 17.8. The minimum atomic E-state index is -0.884. The summed E-state index contributed by atoms with van der Waals surface area (Å²) in [4.78, 5) is 29.9. The highest BCUT2D eigenvalue weighted by molar-refractivity contribution is 6.03. The van der Waals surface area contributed by atoms with Crippen molar-refractivity contribution in [2.45, 2.75) is 19.4 Å². The zero-order chi connectivity index (χ0) is 14.0. The van der Waals surface area contributed by atoms with Crippen LogP contribution in [0.3, 0.4) is 0 Å². The molecule has 1 saturated heterocycles. The number of amides is 2. The summed E-state index contributed by atoms with van der Waals surface area (Å²) in [6.45, 7) is 4.35. The maximum Gasteiger partial charge on any atom is 0.257 e. The number of piperazine rings is 1. The molecule has 1 aliphatic rings. The van der Waals surface area contributed by atoms with Crippen LogP contribution in [0.5, 0.6) is 0 Å². The molecule has 2 amide bonds. The molecule has 1 aliphatic heterocycles. The number of hydrazine groups is 1. The molecule has 19 heavy (non-hydrogen) atoms. The van der Waals surface area contributed by atoms with Crippen molar-refractivity contribution >= 4 is 17.5 Å². The number of carbonyl (C=O) groups is 2. The standard InChI is InChI=1S/C12H17N5O2/c1-12(2)11(19)15-5-6-17(12)10(18)8-3-4-14-7-9(8)16-13/h3-4,7,16H,5-6,13H2,1-2H3,(H,15,19). The number of rotatable bonds is 2. The second kappa shape index (κ2) is 4.85. The average molecular weight is 263 g/mol. The van der Waals surface area contributed by atoms with Crippen molar-refractivity contribution in [2.75, 3.05) is 18.5 Å². The molecule has 0 saturated carbocycles. The molecule has 0 bridgehead atoms. The van der Waals surface area contributed by atoms with E-state index in [1.54, 1.807) is 24.8 Å². The molecule has 0 spiro atoms. The van der Waals surface area contributed by atoms with Crippen LogP contribution in [0.25, 0.3) is 0 Å². The van der Waals surface area contributed by atoms with Crippen molar-refractivity contribution in [2.24, 2.45) is 5.84 Å². The van der Waals surface area contributed by atoms with Crippen LogP contribution in [-0.2, 0) is 4.79 Å². The van der Waals surface area contributed by atoms with E-state index in [2.05, 4.69) is 15.7 Å². The van der Waals surface area contributed by atoms with Gasteiger partial charge in [0.15, 0.2) is 0 Å². The summed E-state index contributed by atoms with van der Waals surface area (Å²) in [5, 5.41) is 2.75. The number of anilines is 1. The molecule has 2 rings (SSSR count). The highest BCUT2D eigenvalue weighted by atomic mass is 16.2. The number of hydrogen-bond acceptors (Lipinski definition) is 5. The summed E-state index contributed by atoms with van der Waals surface area (Å²) in [6, 6.07) is 1.58. The lowest BCUT2D eigenvalue weighted by Crippen LogP contribution is -2.63. The summed E-state index contributed by atoms with van der Waals surface area (Å²) < 4.78 is 0. The lowest BCUT2D eigenvalue weighted by atomic mass is 9.97. The molecule has 1 fully saturated rings. The Morgan fingerprint density at radius 3 is 3.00 bits per heavy atom. The van der Waals surface area contributed by atoms with Gasteiger partial charge in [-0.25, -0.2) is 0 Å². The number of carbonyl (C=O) groups excluding carboxylic acids is 2. The molecule has 4 N–H and O–H groups in total. The largest absolute Gasteiger partial charge is 0.352 e. The Morgan fingerprint density at radius 2 is 2.32 bits per heavy atom. The highest BCUT2D eigenvalue weighted by Gasteiger charge is 2.41. The van der Waals surface area contributed by atoms with Gasteiger partial charge in [0.05, 0.1) is 17.4 Å². The molecule has 1 aromatic heterocycles. The smallest absolute Gasteiger partial charge is 0.257 e. The van der Waals surface area contributed by atoms with E-state index in [4.69, 9.17) is 5.84 Å². The molecule has 0 aliphatic carbocycles. The van der Waals surface area contributed by atoms with Gasteiger partial charge in [0.25, 0.3) is 5.91 Å². The van der Waals surface area contributed by atoms with Crippen LogP contribution in [0.15, 0.2) is 18.5 Å². The van der Waals surface area contributed by atoms with E-state index in [1.165, 1.54) is 12.4 Å². The second-order valence-electron chi connectivity index (χ2n) is 4.84. The van der Waals surface area contributed by atoms with E-state index in [9.17, 15) is 9.59 Å². The van der Waals surface area contributed by atoms with Crippen molar-refractivity contribution in [1.29, 1.82) is 0 Å². The number of nitrogens with zero attached hydrogens (tertiary/aromatic N) is 2. The third kappa shape index (κ3) is 2.24. The van der Waals surface area contributed by atoms with Crippen LogP contribution in [0.4, 0.5) is 5.69 Å². The fourth-order valence-corrected chi connectivity index (χ4v) is 2.10. The molecule has 102 valence electrons. The van der Waals surface area contributed by atoms with E-state index in [0.29, 0.717) is 24.3 Å². The second-order valence-corrected chi connectivity index (χ2v) is 4.84. The minimum absolute atomic E-state index is 0.164. The molecule has 1 aromatic rings. The van der Waals surface area contributed by atoms with Gasteiger partial charge < -0.3 is 15.6 Å². The van der Waals surface area contributed by atoms with Crippen molar-refractivity contribution in [3.63, 3.8) is 0 Å². The van der Waals surface area contributed by atoms with Crippen LogP contribution < -0.4 is 16.6 Å². The van der Waals surface area contributed by atoms with Gasteiger partial charge in [-0.2, -0.15) is 0 Å². The van der Waals surface area contributed by atoms with Crippen LogP contribution >= 0.6 is 0 Å². The number of nitrogens with two attached hydrogens (primary N) is 1. The Morgan fingerprint density at radius 1 is 1.58 bits per heavy atom. The number of nitrogens with one attached hydrogen (secondary N) is 2. The van der Waals surface area contributed by atoms with Gasteiger partial charge in [-0.1, -0.05) is 0 Å². The zero-order valence-electron chi connectivity index (χ0n) is 10.9. The van der Waals surface area contributed by atoms with E-state index >= 15 is 0 Å². The molecule has 0 radical (unpaired) electrons. The first-order chi connectivity index (χ1) is 8.98. The molecule has 7 nitrogen and oxygen atoms in total. The quantitative estimate of drug-likeness (QED) is 0.503. The van der Waals surface area contributed by atoms with Crippen LogP contribution in [-0.4, -0.2) is 40.3 Å². The SMILES string of the molecule is CC1(C)C(=O)NCCN1C(=O)c1ccncc1NN. The molecule has 0 unspecified atom stereocenters. The topological polar surface area (TPSA) is 100 Å². The molecule has 2 heterocycles. The Hall–Kier alpha value is -2.15. The first kappa shape index (κ1) is 13.3. The van der Waals surface area contributed by atoms with Gasteiger partial charge in [0, 0.05) is 19.3 Å². The highest BCUT2D eigenvalue weighted by Crippen LogP contribution is 2.23. The van der Waals surface area contributed by atoms with Gasteiger partial charge in [-0.3, -0.25) is 20.4 Å². The van der Waals surface area contributed by atoms with Crippen molar-refractivity contribution in [1.82, 2.24) is 15.2 Å². The third-order valence-corrected chi connectivity index (χ3v) is 3.30. The van der Waals surface area contributed by atoms with Crippen molar-refractivity contribution in [3.8, 4) is 0 Å². The van der Waals surface area contributed by atoms with E-state index in [1.807, 2.05) is 0 Å². The van der Waals surface area contributed by atoms with Gasteiger partial charge in [-0.15, -0.1) is 0 Å². The molecule has 0 aromatic carbocycles. The molecule has 0 atom stereocenters. The van der Waals surface area contributed by atoms with Gasteiger partial charge in [0.2, 0.25) is 5.91 Å². The average Bonchev–Trinajstić information content (AvgIpc) is 2.41. The lowest BCUT2D eigenvalue weighted by molar-refractivity contribution is -0.133. The number of hydrogen-bond donors (Lipinski definition) is 3. The maximum atomic E-state index is 12.6. The Labute approximate surface area is 111 Å². The summed E-state index contributed by atoms with van der Waals surface area (Å²) in [7, 11) is 0. The Kier molecular flexibility index (Phi) is 3.39. The van der Waals surface area contributed by atoms with Crippen LogP contribution in [0.2, 0.25) is 0 Å². The predicted octanol–water partition coefficient (Wildman–Crippen LogP) is -0.282. The summed E-state index contributed by atoms with van der Waals surface area (Å²) >= 11 is 0. The first-order valence-corrected chi connectivity index (χ1v) is 5.99. The maximum absolute atomic E-state index is 12.6. The first-order valence-electron chi connectivity index (χ1n) is 5.99. The Balaban J connectivity index is 2.35. The van der Waals surface area contributed by atoms with Gasteiger partial charge in [0.1, 0.15) is 5.54 Å². The third-order valence-electron chi connectivity index (χ3n) is 3.30. The van der Waals surface area contributed by atoms with Crippen molar-refractivity contribution in [3.05, 3.63) is 24.0 Å². The van der Waals surface area contributed by atoms with Crippen molar-refractivity contribution < 1.29 is 9.59 Å².